The molecule has 0 radical (unpaired) electrons. The molecule has 5 nitrogen and oxygen atoms in total. The van der Waals surface area contributed by atoms with Gasteiger partial charge >= 0.3 is 6.18 Å². The van der Waals surface area contributed by atoms with Crippen molar-refractivity contribution in [2.24, 2.45) is 0 Å². The summed E-state index contributed by atoms with van der Waals surface area (Å²) in [5, 5.41) is 2.79. The number of hydrogen-bond donors (Lipinski definition) is 1. The fraction of sp³-hybridized carbons (Fsp3) is 0.133. The minimum atomic E-state index is -4.46. The van der Waals surface area contributed by atoms with E-state index in [0.717, 1.165) is 29.9 Å². The second kappa shape index (κ2) is 6.85. The van der Waals surface area contributed by atoms with Crippen molar-refractivity contribution in [1.29, 1.82) is 0 Å². The summed E-state index contributed by atoms with van der Waals surface area (Å²) in [6, 6.07) is 6.01. The van der Waals surface area contributed by atoms with Crippen molar-refractivity contribution in [2.75, 3.05) is 5.32 Å². The molecule has 0 saturated heterocycles. The van der Waals surface area contributed by atoms with Crippen molar-refractivity contribution < 1.29 is 22.4 Å². The second-order valence-corrected chi connectivity index (χ2v) is 5.90. The fourth-order valence-corrected chi connectivity index (χ4v) is 2.76. The van der Waals surface area contributed by atoms with Crippen molar-refractivity contribution in [1.82, 2.24) is 9.36 Å². The summed E-state index contributed by atoms with van der Waals surface area (Å²) in [5.41, 5.74) is -0.431. The predicted molar refractivity (Wildman–Crippen MR) is 86.6 cm³/mol. The summed E-state index contributed by atoms with van der Waals surface area (Å²) < 4.78 is 47.5. The third kappa shape index (κ3) is 3.99. The molecule has 3 aromatic rings. The SMILES string of the molecule is O=C(Nc1nc(CCl)ns1)c1coc(-c2cccc(C(F)(F)F)c2)c1. The number of nitrogens with zero attached hydrogens (tertiary/aromatic N) is 2. The lowest BCUT2D eigenvalue weighted by atomic mass is 10.1. The van der Waals surface area contributed by atoms with Crippen molar-refractivity contribution in [3.63, 3.8) is 0 Å². The van der Waals surface area contributed by atoms with E-state index in [-0.39, 0.29) is 27.9 Å². The zero-order valence-corrected chi connectivity index (χ0v) is 13.9. The Balaban J connectivity index is 1.79. The summed E-state index contributed by atoms with van der Waals surface area (Å²) in [6.45, 7) is 0. The average molecular weight is 388 g/mol. The highest BCUT2D eigenvalue weighted by Gasteiger charge is 2.30. The van der Waals surface area contributed by atoms with Gasteiger partial charge in [-0.3, -0.25) is 10.1 Å². The van der Waals surface area contributed by atoms with Crippen LogP contribution >= 0.6 is 23.1 Å². The van der Waals surface area contributed by atoms with Gasteiger partial charge in [-0.25, -0.2) is 4.98 Å². The van der Waals surface area contributed by atoms with Crippen LogP contribution in [0.5, 0.6) is 0 Å². The maximum absolute atomic E-state index is 12.8. The summed E-state index contributed by atoms with van der Waals surface area (Å²) in [5.74, 6) is 0.144. The lowest BCUT2D eigenvalue weighted by Crippen LogP contribution is -2.10. The van der Waals surface area contributed by atoms with Gasteiger partial charge in [-0.05, 0) is 18.2 Å². The van der Waals surface area contributed by atoms with Gasteiger partial charge in [-0.1, -0.05) is 12.1 Å². The highest BCUT2D eigenvalue weighted by atomic mass is 35.5. The van der Waals surface area contributed by atoms with Gasteiger partial charge in [0, 0.05) is 17.1 Å². The molecular formula is C15H9ClF3N3O2S. The van der Waals surface area contributed by atoms with Gasteiger partial charge in [0.25, 0.3) is 5.91 Å². The zero-order chi connectivity index (χ0) is 18.0. The molecule has 0 aliphatic carbocycles. The molecule has 0 aliphatic rings. The smallest absolute Gasteiger partial charge is 0.416 e. The second-order valence-electron chi connectivity index (χ2n) is 4.88. The first-order valence-electron chi connectivity index (χ1n) is 6.83. The van der Waals surface area contributed by atoms with E-state index in [0.29, 0.717) is 5.82 Å². The van der Waals surface area contributed by atoms with Crippen LogP contribution in [0.15, 0.2) is 41.0 Å². The van der Waals surface area contributed by atoms with Crippen LogP contribution in [0, 0.1) is 0 Å². The van der Waals surface area contributed by atoms with Gasteiger partial charge in [-0.2, -0.15) is 17.5 Å². The highest BCUT2D eigenvalue weighted by molar-refractivity contribution is 7.09. The number of nitrogens with one attached hydrogen (secondary N) is 1. The molecule has 10 heteroatoms. The topological polar surface area (TPSA) is 68.0 Å². The van der Waals surface area contributed by atoms with Crippen molar-refractivity contribution in [3.05, 3.63) is 53.5 Å². The molecule has 0 atom stereocenters. The lowest BCUT2D eigenvalue weighted by Gasteiger charge is -2.07. The molecule has 130 valence electrons. The van der Waals surface area contributed by atoms with E-state index in [1.54, 1.807) is 0 Å². The largest absolute Gasteiger partial charge is 0.464 e. The maximum Gasteiger partial charge on any atom is 0.416 e. The Labute approximate surface area is 148 Å². The Morgan fingerprint density at radius 3 is 2.80 bits per heavy atom. The Kier molecular flexibility index (Phi) is 4.78. The van der Waals surface area contributed by atoms with E-state index in [2.05, 4.69) is 14.7 Å². The zero-order valence-electron chi connectivity index (χ0n) is 12.3. The number of halogens is 4. The van der Waals surface area contributed by atoms with Crippen LogP contribution in [-0.4, -0.2) is 15.3 Å². The molecule has 0 fully saturated rings. The van der Waals surface area contributed by atoms with Crippen molar-refractivity contribution in [2.45, 2.75) is 12.1 Å². The molecule has 1 amide bonds. The first-order chi connectivity index (χ1) is 11.9. The minimum absolute atomic E-state index is 0.123. The molecule has 0 aliphatic heterocycles. The Morgan fingerprint density at radius 1 is 1.32 bits per heavy atom. The third-order valence-electron chi connectivity index (χ3n) is 3.14. The number of amides is 1. The molecule has 0 unspecified atom stereocenters. The highest BCUT2D eigenvalue weighted by Crippen LogP contribution is 2.32. The molecule has 2 heterocycles. The molecular weight excluding hydrogens is 379 g/mol. The van der Waals surface area contributed by atoms with Crippen molar-refractivity contribution in [3.8, 4) is 11.3 Å². The van der Waals surface area contributed by atoms with E-state index < -0.39 is 17.6 Å². The summed E-state index contributed by atoms with van der Waals surface area (Å²) >= 11 is 6.56. The Bertz CT molecular complexity index is 907. The van der Waals surface area contributed by atoms with E-state index >= 15 is 0 Å². The molecule has 25 heavy (non-hydrogen) atoms. The summed E-state index contributed by atoms with van der Waals surface area (Å²) in [4.78, 5) is 16.1. The average Bonchev–Trinajstić information content (AvgIpc) is 3.23. The van der Waals surface area contributed by atoms with E-state index in [1.165, 1.54) is 18.2 Å². The summed E-state index contributed by atoms with van der Waals surface area (Å²) in [6.07, 6.45) is -3.30. The number of benzene rings is 1. The Hall–Kier alpha value is -2.39. The normalized spacial score (nSPS) is 11.5. The lowest BCUT2D eigenvalue weighted by molar-refractivity contribution is -0.137. The van der Waals surface area contributed by atoms with Crippen LogP contribution in [0.4, 0.5) is 18.3 Å². The fourth-order valence-electron chi connectivity index (χ4n) is 1.98. The number of carbonyl (C=O) groups is 1. The van der Waals surface area contributed by atoms with Gasteiger partial charge in [0.2, 0.25) is 5.13 Å². The Morgan fingerprint density at radius 2 is 2.12 bits per heavy atom. The molecule has 0 bridgehead atoms. The van der Waals surface area contributed by atoms with Crippen LogP contribution in [0.2, 0.25) is 0 Å². The number of furan rings is 1. The monoisotopic (exact) mass is 387 g/mol. The first-order valence-corrected chi connectivity index (χ1v) is 8.13. The summed E-state index contributed by atoms with van der Waals surface area (Å²) in [7, 11) is 0. The molecule has 2 aromatic heterocycles. The van der Waals surface area contributed by atoms with E-state index in [4.69, 9.17) is 16.0 Å². The molecule has 0 spiro atoms. The molecule has 1 aromatic carbocycles. The van der Waals surface area contributed by atoms with Gasteiger partial charge in [0.15, 0.2) is 5.82 Å². The van der Waals surface area contributed by atoms with Crippen LogP contribution in [0.25, 0.3) is 11.3 Å². The van der Waals surface area contributed by atoms with Gasteiger partial charge in [0.1, 0.15) is 12.0 Å². The van der Waals surface area contributed by atoms with Gasteiger partial charge in [-0.15, -0.1) is 11.6 Å². The number of aromatic nitrogens is 2. The minimum Gasteiger partial charge on any atom is -0.464 e. The maximum atomic E-state index is 12.8. The third-order valence-corrected chi connectivity index (χ3v) is 4.05. The molecule has 1 N–H and O–H groups in total. The number of anilines is 1. The van der Waals surface area contributed by atoms with Gasteiger partial charge < -0.3 is 4.42 Å². The predicted octanol–water partition coefficient (Wildman–Crippen LogP) is 4.81. The number of alkyl halides is 4. The standard InChI is InChI=1S/C15H9ClF3N3O2S/c16-6-12-20-14(25-22-12)21-13(23)9-5-11(24-7-9)8-2-1-3-10(4-8)15(17,18)19/h1-5,7H,6H2,(H,20,21,22,23). The van der Waals surface area contributed by atoms with E-state index in [9.17, 15) is 18.0 Å². The van der Waals surface area contributed by atoms with Crippen LogP contribution in [0.3, 0.4) is 0 Å². The van der Waals surface area contributed by atoms with Crippen LogP contribution < -0.4 is 5.32 Å². The van der Waals surface area contributed by atoms with Crippen LogP contribution in [-0.2, 0) is 12.1 Å². The number of rotatable bonds is 4. The quantitative estimate of drug-likeness (QED) is 0.652. The number of carbonyl (C=O) groups excluding carboxylic acids is 1. The molecule has 0 saturated carbocycles. The first kappa shape index (κ1) is 17.4. The molecule has 3 rings (SSSR count). The van der Waals surface area contributed by atoms with E-state index in [1.807, 2.05) is 0 Å². The number of hydrogen-bond acceptors (Lipinski definition) is 5. The van der Waals surface area contributed by atoms with Crippen LogP contribution in [0.1, 0.15) is 21.7 Å². The van der Waals surface area contributed by atoms with Gasteiger partial charge in [0.05, 0.1) is 17.0 Å². The van der Waals surface area contributed by atoms with Crippen molar-refractivity contribution >= 4 is 34.2 Å².